The van der Waals surface area contributed by atoms with E-state index >= 15 is 0 Å². The molecule has 1 fully saturated rings. The molecular weight excluding hydrogens is 353 g/mol. The molecule has 4 nitrogen and oxygen atoms in total. The number of anilines is 1. The van der Waals surface area contributed by atoms with Gasteiger partial charge in [0.15, 0.2) is 5.96 Å². The molecule has 19 heavy (non-hydrogen) atoms. The van der Waals surface area contributed by atoms with E-state index in [2.05, 4.69) is 23.3 Å². The van der Waals surface area contributed by atoms with Crippen molar-refractivity contribution >= 4 is 35.6 Å². The van der Waals surface area contributed by atoms with Crippen LogP contribution in [0, 0.1) is 6.92 Å². The zero-order valence-electron chi connectivity index (χ0n) is 11.3. The van der Waals surface area contributed by atoms with Gasteiger partial charge in [0, 0.05) is 18.8 Å². The van der Waals surface area contributed by atoms with E-state index in [1.165, 1.54) is 12.0 Å². The van der Waals surface area contributed by atoms with E-state index in [4.69, 9.17) is 10.5 Å². The summed E-state index contributed by atoms with van der Waals surface area (Å²) in [6.45, 7) is 3.66. The average molecular weight is 375 g/mol. The van der Waals surface area contributed by atoms with Gasteiger partial charge in [-0.05, 0) is 43.9 Å². The minimum atomic E-state index is 0. The maximum absolute atomic E-state index is 5.84. The van der Waals surface area contributed by atoms with Crippen molar-refractivity contribution in [2.24, 2.45) is 10.7 Å². The van der Waals surface area contributed by atoms with Crippen LogP contribution in [0.25, 0.3) is 0 Å². The van der Waals surface area contributed by atoms with Gasteiger partial charge in [0.05, 0.1) is 6.10 Å². The summed E-state index contributed by atoms with van der Waals surface area (Å²) in [5, 5.41) is 3.10. The van der Waals surface area contributed by atoms with Gasteiger partial charge in [-0.25, -0.2) is 0 Å². The average Bonchev–Trinajstić information content (AvgIpc) is 2.82. The summed E-state index contributed by atoms with van der Waals surface area (Å²) >= 11 is 0. The number of benzene rings is 1. The molecule has 0 amide bonds. The van der Waals surface area contributed by atoms with Gasteiger partial charge in [-0.2, -0.15) is 0 Å². The summed E-state index contributed by atoms with van der Waals surface area (Å²) in [5.41, 5.74) is 8.02. The Morgan fingerprint density at radius 3 is 3.05 bits per heavy atom. The van der Waals surface area contributed by atoms with Crippen LogP contribution in [0.1, 0.15) is 24.8 Å². The first-order chi connectivity index (χ1) is 8.74. The molecule has 3 N–H and O–H groups in total. The highest BCUT2D eigenvalue weighted by atomic mass is 127. The van der Waals surface area contributed by atoms with E-state index in [1.54, 1.807) is 0 Å². The Labute approximate surface area is 131 Å². The molecule has 1 atom stereocenters. The normalized spacial score (nSPS) is 19.0. The monoisotopic (exact) mass is 375 g/mol. The first-order valence-electron chi connectivity index (χ1n) is 6.49. The molecule has 0 bridgehead atoms. The number of halogens is 1. The van der Waals surface area contributed by atoms with Crippen LogP contribution >= 0.6 is 24.0 Å². The van der Waals surface area contributed by atoms with E-state index in [1.807, 2.05) is 18.2 Å². The standard InChI is InChI=1S/C14H21N3O.HI/c1-11-4-2-5-12(10-11)17-14(15)16-8-7-13-6-3-9-18-13;/h2,4-5,10,13H,3,6-9H2,1H3,(H3,15,16,17);1H. The van der Waals surface area contributed by atoms with Crippen LogP contribution in [0.4, 0.5) is 5.69 Å². The number of rotatable bonds is 4. The number of nitrogens with two attached hydrogens (primary N) is 1. The van der Waals surface area contributed by atoms with Gasteiger partial charge in [-0.1, -0.05) is 12.1 Å². The fourth-order valence-electron chi connectivity index (χ4n) is 2.11. The van der Waals surface area contributed by atoms with Crippen molar-refractivity contribution in [1.82, 2.24) is 0 Å². The molecule has 0 saturated carbocycles. The van der Waals surface area contributed by atoms with Crippen molar-refractivity contribution in [1.29, 1.82) is 0 Å². The largest absolute Gasteiger partial charge is 0.378 e. The minimum Gasteiger partial charge on any atom is -0.378 e. The Balaban J connectivity index is 0.00000180. The van der Waals surface area contributed by atoms with Crippen LogP contribution in [-0.4, -0.2) is 25.2 Å². The Kier molecular flexibility index (Phi) is 7.15. The van der Waals surface area contributed by atoms with Gasteiger partial charge >= 0.3 is 0 Å². The number of guanidine groups is 1. The fourth-order valence-corrected chi connectivity index (χ4v) is 2.11. The Bertz CT molecular complexity index is 417. The van der Waals surface area contributed by atoms with Crippen molar-refractivity contribution < 1.29 is 4.74 Å². The highest BCUT2D eigenvalue weighted by molar-refractivity contribution is 14.0. The molecule has 1 aromatic rings. The molecule has 106 valence electrons. The smallest absolute Gasteiger partial charge is 0.193 e. The Morgan fingerprint density at radius 2 is 2.37 bits per heavy atom. The Morgan fingerprint density at radius 1 is 1.53 bits per heavy atom. The van der Waals surface area contributed by atoms with E-state index in [0.717, 1.165) is 31.7 Å². The van der Waals surface area contributed by atoms with Crippen molar-refractivity contribution in [2.75, 3.05) is 18.5 Å². The van der Waals surface area contributed by atoms with E-state index in [-0.39, 0.29) is 24.0 Å². The minimum absolute atomic E-state index is 0. The molecule has 1 heterocycles. The topological polar surface area (TPSA) is 59.6 Å². The van der Waals surface area contributed by atoms with E-state index < -0.39 is 0 Å². The van der Waals surface area contributed by atoms with Gasteiger partial charge < -0.3 is 15.8 Å². The Hall–Kier alpha value is -0.820. The maximum Gasteiger partial charge on any atom is 0.193 e. The van der Waals surface area contributed by atoms with Gasteiger partial charge in [0.2, 0.25) is 0 Å². The van der Waals surface area contributed by atoms with Crippen LogP contribution in [0.2, 0.25) is 0 Å². The first kappa shape index (κ1) is 16.2. The summed E-state index contributed by atoms with van der Waals surface area (Å²) in [7, 11) is 0. The highest BCUT2D eigenvalue weighted by Gasteiger charge is 2.14. The predicted molar refractivity (Wildman–Crippen MR) is 90.3 cm³/mol. The second kappa shape index (κ2) is 8.37. The zero-order chi connectivity index (χ0) is 12.8. The molecule has 1 aliphatic rings. The number of ether oxygens (including phenoxy) is 1. The lowest BCUT2D eigenvalue weighted by atomic mass is 10.2. The summed E-state index contributed by atoms with van der Waals surface area (Å²) < 4.78 is 5.54. The van der Waals surface area contributed by atoms with Crippen LogP contribution < -0.4 is 11.1 Å². The lowest BCUT2D eigenvalue weighted by Gasteiger charge is -2.08. The third-order valence-corrected chi connectivity index (χ3v) is 3.05. The predicted octanol–water partition coefficient (Wildman–Crippen LogP) is 2.91. The summed E-state index contributed by atoms with van der Waals surface area (Å²) in [6, 6.07) is 8.07. The molecule has 1 aliphatic heterocycles. The number of nitrogens with one attached hydrogen (secondary N) is 1. The molecular formula is C14H22IN3O. The van der Waals surface area contributed by atoms with Crippen LogP contribution in [0.3, 0.4) is 0 Å². The number of aliphatic imine (C=N–C) groups is 1. The van der Waals surface area contributed by atoms with E-state index in [9.17, 15) is 0 Å². The molecule has 0 aliphatic carbocycles. The molecule has 2 rings (SSSR count). The molecule has 0 aromatic heterocycles. The van der Waals surface area contributed by atoms with Crippen molar-refractivity contribution in [3.63, 3.8) is 0 Å². The summed E-state index contributed by atoms with van der Waals surface area (Å²) in [4.78, 5) is 4.32. The lowest BCUT2D eigenvalue weighted by molar-refractivity contribution is 0.106. The number of hydrogen-bond acceptors (Lipinski definition) is 2. The first-order valence-corrected chi connectivity index (χ1v) is 6.49. The van der Waals surface area contributed by atoms with Crippen molar-refractivity contribution in [3.8, 4) is 0 Å². The number of hydrogen-bond donors (Lipinski definition) is 2. The third-order valence-electron chi connectivity index (χ3n) is 3.05. The van der Waals surface area contributed by atoms with Crippen molar-refractivity contribution in [2.45, 2.75) is 32.3 Å². The summed E-state index contributed by atoms with van der Waals surface area (Å²) in [5.74, 6) is 0.471. The molecule has 0 radical (unpaired) electrons. The summed E-state index contributed by atoms with van der Waals surface area (Å²) in [6.07, 6.45) is 3.66. The lowest BCUT2D eigenvalue weighted by Crippen LogP contribution is -2.23. The maximum atomic E-state index is 5.84. The second-order valence-corrected chi connectivity index (χ2v) is 4.69. The molecule has 1 saturated heterocycles. The van der Waals surface area contributed by atoms with Crippen molar-refractivity contribution in [3.05, 3.63) is 29.8 Å². The SMILES string of the molecule is Cc1cccc(NC(N)=NCCC2CCCO2)c1.I. The van der Waals surface area contributed by atoms with Gasteiger partial charge in [-0.3, -0.25) is 4.99 Å². The highest BCUT2D eigenvalue weighted by Crippen LogP contribution is 2.15. The number of aryl methyl sites for hydroxylation is 1. The molecule has 1 unspecified atom stereocenters. The second-order valence-electron chi connectivity index (χ2n) is 4.69. The van der Waals surface area contributed by atoms with Crippen LogP contribution in [0.15, 0.2) is 29.3 Å². The van der Waals surface area contributed by atoms with Gasteiger partial charge in [-0.15, -0.1) is 24.0 Å². The quantitative estimate of drug-likeness (QED) is 0.483. The molecule has 0 spiro atoms. The van der Waals surface area contributed by atoms with Gasteiger partial charge in [0.1, 0.15) is 0 Å². The number of nitrogens with zero attached hydrogens (tertiary/aromatic N) is 1. The van der Waals surface area contributed by atoms with Crippen LogP contribution in [-0.2, 0) is 4.74 Å². The third kappa shape index (κ3) is 5.78. The zero-order valence-corrected chi connectivity index (χ0v) is 13.6. The van der Waals surface area contributed by atoms with Gasteiger partial charge in [0.25, 0.3) is 0 Å². The fraction of sp³-hybridized carbons (Fsp3) is 0.500. The molecule has 5 heteroatoms. The molecule has 1 aromatic carbocycles. The van der Waals surface area contributed by atoms with E-state index in [0.29, 0.717) is 12.1 Å². The van der Waals surface area contributed by atoms with Crippen LogP contribution in [0.5, 0.6) is 0 Å².